The Morgan fingerprint density at radius 2 is 1.81 bits per heavy atom. The third-order valence-electron chi connectivity index (χ3n) is 3.29. The van der Waals surface area contributed by atoms with Crippen molar-refractivity contribution in [2.75, 3.05) is 18.1 Å². The van der Waals surface area contributed by atoms with Crippen molar-refractivity contribution in [1.82, 2.24) is 5.32 Å². The maximum absolute atomic E-state index is 12.2. The Kier molecular flexibility index (Phi) is 5.68. The Morgan fingerprint density at radius 3 is 2.52 bits per heavy atom. The monoisotopic (exact) mass is 288 g/mol. The van der Waals surface area contributed by atoms with E-state index in [1.807, 2.05) is 12.1 Å². The van der Waals surface area contributed by atoms with E-state index in [9.17, 15) is 4.39 Å². The molecule has 1 heterocycles. The molecule has 2 aromatic rings. The molecule has 0 fully saturated rings. The largest absolute Gasteiger partial charge is 0.326 e. The molecule has 5 heteroatoms. The Bertz CT molecular complexity index is 556. The van der Waals surface area contributed by atoms with Gasteiger partial charge in [-0.15, -0.1) is 0 Å². The molecule has 2 aromatic carbocycles. The standard InChI is InChI=1S/C9H13N3.C7H8FN/c10-12-6-5-11-7-8-3-1-2-4-9(8)12;8-7-3-1-6(5-9)2-4-7/h1-4,11H,5-7,10H2;1-4H,5,9H2. The number of fused-ring (bicyclic) bond motifs is 1. The zero-order chi connectivity index (χ0) is 15.1. The number of hydrazine groups is 1. The predicted octanol–water partition coefficient (Wildman–Crippen LogP) is 1.75. The van der Waals surface area contributed by atoms with Gasteiger partial charge in [0, 0.05) is 26.2 Å². The van der Waals surface area contributed by atoms with Gasteiger partial charge >= 0.3 is 0 Å². The topological polar surface area (TPSA) is 67.3 Å². The molecule has 21 heavy (non-hydrogen) atoms. The zero-order valence-electron chi connectivity index (χ0n) is 11.9. The van der Waals surface area contributed by atoms with Crippen LogP contribution in [-0.2, 0) is 13.1 Å². The molecule has 1 aliphatic heterocycles. The third kappa shape index (κ3) is 4.53. The summed E-state index contributed by atoms with van der Waals surface area (Å²) in [5.74, 6) is 5.62. The van der Waals surface area contributed by atoms with E-state index in [0.717, 1.165) is 30.9 Å². The van der Waals surface area contributed by atoms with E-state index in [1.165, 1.54) is 17.7 Å². The second-order valence-electron chi connectivity index (χ2n) is 4.83. The molecule has 112 valence electrons. The van der Waals surface area contributed by atoms with Crippen molar-refractivity contribution < 1.29 is 4.39 Å². The number of benzene rings is 2. The van der Waals surface area contributed by atoms with Crippen LogP contribution < -0.4 is 21.9 Å². The van der Waals surface area contributed by atoms with Gasteiger partial charge in [-0.1, -0.05) is 30.3 Å². The number of anilines is 1. The summed E-state index contributed by atoms with van der Waals surface area (Å²) in [5, 5.41) is 5.11. The fourth-order valence-corrected chi connectivity index (χ4v) is 2.10. The summed E-state index contributed by atoms with van der Waals surface area (Å²) in [6.07, 6.45) is 0. The summed E-state index contributed by atoms with van der Waals surface area (Å²) in [5.41, 5.74) is 8.65. The number of nitrogens with two attached hydrogens (primary N) is 2. The Balaban J connectivity index is 0.000000161. The summed E-state index contributed by atoms with van der Waals surface area (Å²) in [6.45, 7) is 3.21. The number of hydrogen-bond donors (Lipinski definition) is 3. The average Bonchev–Trinajstić information content (AvgIpc) is 2.71. The first-order valence-electron chi connectivity index (χ1n) is 6.96. The Labute approximate surface area is 124 Å². The second kappa shape index (κ2) is 7.73. The van der Waals surface area contributed by atoms with Crippen LogP contribution in [0.4, 0.5) is 10.1 Å². The van der Waals surface area contributed by atoms with Gasteiger partial charge in [-0.25, -0.2) is 10.2 Å². The van der Waals surface area contributed by atoms with Gasteiger partial charge in [0.25, 0.3) is 0 Å². The lowest BCUT2D eigenvalue weighted by Gasteiger charge is -2.17. The molecule has 3 rings (SSSR count). The predicted molar refractivity (Wildman–Crippen MR) is 84.0 cm³/mol. The van der Waals surface area contributed by atoms with Crippen LogP contribution in [0.5, 0.6) is 0 Å². The fraction of sp³-hybridized carbons (Fsp3) is 0.250. The highest BCUT2D eigenvalue weighted by atomic mass is 19.1. The minimum Gasteiger partial charge on any atom is -0.326 e. The van der Waals surface area contributed by atoms with Gasteiger partial charge in [-0.05, 0) is 29.3 Å². The highest BCUT2D eigenvalue weighted by molar-refractivity contribution is 5.52. The number of nitrogens with one attached hydrogen (secondary N) is 1. The molecule has 0 unspecified atom stereocenters. The molecule has 0 radical (unpaired) electrons. The minimum atomic E-state index is -0.216. The number of rotatable bonds is 1. The molecule has 0 spiro atoms. The molecule has 0 aliphatic carbocycles. The van der Waals surface area contributed by atoms with Crippen LogP contribution in [0, 0.1) is 5.82 Å². The molecule has 4 nitrogen and oxygen atoms in total. The molecule has 1 aliphatic rings. The maximum atomic E-state index is 12.2. The molecule has 0 aromatic heterocycles. The van der Waals surface area contributed by atoms with Crippen molar-refractivity contribution in [2.24, 2.45) is 11.6 Å². The number of nitrogens with zero attached hydrogens (tertiary/aromatic N) is 1. The maximum Gasteiger partial charge on any atom is 0.123 e. The summed E-state index contributed by atoms with van der Waals surface area (Å²) in [6, 6.07) is 14.4. The van der Waals surface area contributed by atoms with Crippen LogP contribution in [0.15, 0.2) is 48.5 Å². The van der Waals surface area contributed by atoms with Crippen LogP contribution in [0.25, 0.3) is 0 Å². The van der Waals surface area contributed by atoms with Crippen molar-refractivity contribution in [3.05, 3.63) is 65.5 Å². The molecular weight excluding hydrogens is 267 g/mol. The molecule has 0 bridgehead atoms. The van der Waals surface area contributed by atoms with Crippen molar-refractivity contribution in [1.29, 1.82) is 0 Å². The van der Waals surface area contributed by atoms with Gasteiger partial charge in [0.05, 0.1) is 5.69 Å². The van der Waals surface area contributed by atoms with Gasteiger partial charge in [0.2, 0.25) is 0 Å². The van der Waals surface area contributed by atoms with Gasteiger partial charge < -0.3 is 16.1 Å². The highest BCUT2D eigenvalue weighted by Crippen LogP contribution is 2.18. The van der Waals surface area contributed by atoms with Crippen molar-refractivity contribution in [3.63, 3.8) is 0 Å². The van der Waals surface area contributed by atoms with Gasteiger partial charge in [-0.3, -0.25) is 0 Å². The van der Waals surface area contributed by atoms with E-state index in [-0.39, 0.29) is 5.82 Å². The first-order valence-corrected chi connectivity index (χ1v) is 6.96. The minimum absolute atomic E-state index is 0.216. The van der Waals surface area contributed by atoms with Crippen LogP contribution in [-0.4, -0.2) is 13.1 Å². The number of hydrogen-bond acceptors (Lipinski definition) is 4. The number of para-hydroxylation sites is 1. The lowest BCUT2D eigenvalue weighted by atomic mass is 10.2. The van der Waals surface area contributed by atoms with E-state index in [1.54, 1.807) is 17.1 Å². The van der Waals surface area contributed by atoms with Crippen LogP contribution >= 0.6 is 0 Å². The van der Waals surface area contributed by atoms with Crippen LogP contribution in [0.2, 0.25) is 0 Å². The summed E-state index contributed by atoms with van der Waals surface area (Å²) >= 11 is 0. The van der Waals surface area contributed by atoms with E-state index in [4.69, 9.17) is 11.6 Å². The number of halogens is 1. The SMILES string of the molecule is NCc1ccc(F)cc1.NN1CCNCc2ccccc21. The molecular formula is C16H21FN4. The summed E-state index contributed by atoms with van der Waals surface area (Å²) in [4.78, 5) is 0. The average molecular weight is 288 g/mol. The first-order chi connectivity index (χ1) is 10.2. The van der Waals surface area contributed by atoms with Crippen molar-refractivity contribution >= 4 is 5.69 Å². The van der Waals surface area contributed by atoms with Gasteiger partial charge in [-0.2, -0.15) is 0 Å². The quantitative estimate of drug-likeness (QED) is 0.699. The van der Waals surface area contributed by atoms with Crippen LogP contribution in [0.1, 0.15) is 11.1 Å². The molecule has 0 saturated carbocycles. The smallest absolute Gasteiger partial charge is 0.123 e. The van der Waals surface area contributed by atoms with Gasteiger partial charge in [0.1, 0.15) is 5.82 Å². The molecule has 0 atom stereocenters. The molecule has 0 amide bonds. The summed E-state index contributed by atoms with van der Waals surface area (Å²) in [7, 11) is 0. The lowest BCUT2D eigenvalue weighted by molar-refractivity contribution is 0.627. The normalized spacial score (nSPS) is 13.8. The molecule has 5 N–H and O–H groups in total. The van der Waals surface area contributed by atoms with E-state index >= 15 is 0 Å². The first kappa shape index (κ1) is 15.4. The van der Waals surface area contributed by atoms with Crippen molar-refractivity contribution in [3.8, 4) is 0 Å². The van der Waals surface area contributed by atoms with Crippen LogP contribution in [0.3, 0.4) is 0 Å². The van der Waals surface area contributed by atoms with E-state index in [2.05, 4.69) is 17.4 Å². The Hall–Kier alpha value is -1.95. The Morgan fingerprint density at radius 1 is 1.10 bits per heavy atom. The highest BCUT2D eigenvalue weighted by Gasteiger charge is 2.09. The second-order valence-corrected chi connectivity index (χ2v) is 4.83. The van der Waals surface area contributed by atoms with Crippen molar-refractivity contribution in [2.45, 2.75) is 13.1 Å². The van der Waals surface area contributed by atoms with Gasteiger partial charge in [0.15, 0.2) is 0 Å². The molecule has 0 saturated heterocycles. The lowest BCUT2D eigenvalue weighted by Crippen LogP contribution is -2.34. The zero-order valence-corrected chi connectivity index (χ0v) is 11.9. The van der Waals surface area contributed by atoms with E-state index < -0.39 is 0 Å². The summed E-state index contributed by atoms with van der Waals surface area (Å²) < 4.78 is 12.2. The fourth-order valence-electron chi connectivity index (χ4n) is 2.10. The third-order valence-corrected chi connectivity index (χ3v) is 3.29. The van der Waals surface area contributed by atoms with E-state index in [0.29, 0.717) is 6.54 Å².